The van der Waals surface area contributed by atoms with Crippen LogP contribution in [0.4, 0.5) is 13.2 Å². The van der Waals surface area contributed by atoms with Crippen LogP contribution in [-0.4, -0.2) is 6.54 Å². The second-order valence-electron chi connectivity index (χ2n) is 3.66. The molecule has 16 heavy (non-hydrogen) atoms. The Morgan fingerprint density at radius 1 is 1.12 bits per heavy atom. The van der Waals surface area contributed by atoms with Crippen molar-refractivity contribution in [3.05, 3.63) is 35.4 Å². The van der Waals surface area contributed by atoms with Gasteiger partial charge in [-0.3, -0.25) is 0 Å². The van der Waals surface area contributed by atoms with E-state index in [0.29, 0.717) is 18.5 Å². The molecule has 0 radical (unpaired) electrons. The molecule has 0 bridgehead atoms. The lowest BCUT2D eigenvalue weighted by atomic mass is 10.0. The van der Waals surface area contributed by atoms with E-state index in [1.165, 1.54) is 12.1 Å². The van der Waals surface area contributed by atoms with E-state index < -0.39 is 11.7 Å². The number of hydrogen-bond acceptors (Lipinski definition) is 2. The molecule has 1 aromatic carbocycles. The Labute approximate surface area is 92.4 Å². The zero-order valence-electron chi connectivity index (χ0n) is 8.80. The van der Waals surface area contributed by atoms with Crippen LogP contribution >= 0.6 is 0 Å². The molecule has 0 amide bonds. The Balaban J connectivity index is 2.71. The zero-order valence-corrected chi connectivity index (χ0v) is 8.80. The normalized spacial score (nSPS) is 13.8. The van der Waals surface area contributed by atoms with Gasteiger partial charge in [0, 0.05) is 6.04 Å². The Morgan fingerprint density at radius 2 is 1.69 bits per heavy atom. The van der Waals surface area contributed by atoms with Gasteiger partial charge in [-0.25, -0.2) is 0 Å². The van der Waals surface area contributed by atoms with Crippen LogP contribution in [0.5, 0.6) is 0 Å². The summed E-state index contributed by atoms with van der Waals surface area (Å²) in [6.45, 7) is 0.536. The minimum absolute atomic E-state index is 0.245. The first kappa shape index (κ1) is 13.0. The van der Waals surface area contributed by atoms with Crippen LogP contribution in [0.2, 0.25) is 0 Å². The molecule has 0 aliphatic rings. The highest BCUT2D eigenvalue weighted by Gasteiger charge is 2.30. The van der Waals surface area contributed by atoms with E-state index >= 15 is 0 Å². The molecule has 0 aliphatic carbocycles. The second-order valence-corrected chi connectivity index (χ2v) is 3.66. The van der Waals surface area contributed by atoms with Crippen molar-refractivity contribution in [2.45, 2.75) is 25.1 Å². The molecule has 0 aromatic heterocycles. The molecule has 0 saturated carbocycles. The second kappa shape index (κ2) is 5.32. The first-order valence-corrected chi connectivity index (χ1v) is 5.08. The smallest absolute Gasteiger partial charge is 0.330 e. The van der Waals surface area contributed by atoms with E-state index in [-0.39, 0.29) is 6.04 Å². The number of rotatable bonds is 4. The van der Waals surface area contributed by atoms with Crippen LogP contribution in [-0.2, 0) is 6.18 Å². The Morgan fingerprint density at radius 3 is 2.12 bits per heavy atom. The summed E-state index contributed by atoms with van der Waals surface area (Å²) in [6.07, 6.45) is -2.84. The van der Waals surface area contributed by atoms with Gasteiger partial charge in [0.05, 0.1) is 5.56 Å². The van der Waals surface area contributed by atoms with Gasteiger partial charge in [-0.2, -0.15) is 13.2 Å². The van der Waals surface area contributed by atoms with E-state index in [9.17, 15) is 13.2 Å². The van der Waals surface area contributed by atoms with Gasteiger partial charge in [-0.15, -0.1) is 0 Å². The molecule has 5 heteroatoms. The maximum Gasteiger partial charge on any atom is 0.416 e. The molecule has 0 heterocycles. The number of benzene rings is 1. The summed E-state index contributed by atoms with van der Waals surface area (Å²) in [7, 11) is 0. The molecule has 90 valence electrons. The predicted molar refractivity (Wildman–Crippen MR) is 56.7 cm³/mol. The predicted octanol–water partition coefficient (Wildman–Crippen LogP) is 2.44. The van der Waals surface area contributed by atoms with Gasteiger partial charge in [0.25, 0.3) is 0 Å². The lowest BCUT2D eigenvalue weighted by molar-refractivity contribution is -0.137. The monoisotopic (exact) mass is 232 g/mol. The summed E-state index contributed by atoms with van der Waals surface area (Å²) in [6, 6.07) is 4.70. The first-order chi connectivity index (χ1) is 7.45. The van der Waals surface area contributed by atoms with Crippen molar-refractivity contribution in [2.75, 3.05) is 6.54 Å². The highest BCUT2D eigenvalue weighted by atomic mass is 19.4. The number of nitrogens with two attached hydrogens (primary N) is 2. The van der Waals surface area contributed by atoms with E-state index in [1.807, 2.05) is 0 Å². The van der Waals surface area contributed by atoms with Crippen molar-refractivity contribution in [2.24, 2.45) is 11.5 Å². The molecule has 1 aromatic rings. The maximum atomic E-state index is 12.3. The van der Waals surface area contributed by atoms with Crippen molar-refractivity contribution in [1.29, 1.82) is 0 Å². The number of alkyl halides is 3. The summed E-state index contributed by atoms with van der Waals surface area (Å²) >= 11 is 0. The third-order valence-electron chi connectivity index (χ3n) is 2.39. The van der Waals surface area contributed by atoms with Gasteiger partial charge in [-0.05, 0) is 37.1 Å². The van der Waals surface area contributed by atoms with Gasteiger partial charge < -0.3 is 11.5 Å². The van der Waals surface area contributed by atoms with Crippen molar-refractivity contribution in [3.63, 3.8) is 0 Å². The Bertz CT molecular complexity index is 319. The van der Waals surface area contributed by atoms with Gasteiger partial charge >= 0.3 is 6.18 Å². The molecule has 2 nitrogen and oxygen atoms in total. The van der Waals surface area contributed by atoms with E-state index in [1.54, 1.807) is 0 Å². The molecule has 0 spiro atoms. The Hall–Kier alpha value is -1.07. The highest BCUT2D eigenvalue weighted by molar-refractivity contribution is 5.26. The fourth-order valence-electron chi connectivity index (χ4n) is 1.42. The minimum Gasteiger partial charge on any atom is -0.330 e. The lowest BCUT2D eigenvalue weighted by Gasteiger charge is -2.13. The summed E-state index contributed by atoms with van der Waals surface area (Å²) < 4.78 is 36.8. The van der Waals surface area contributed by atoms with E-state index in [4.69, 9.17) is 11.5 Å². The third-order valence-corrected chi connectivity index (χ3v) is 2.39. The van der Waals surface area contributed by atoms with Crippen molar-refractivity contribution < 1.29 is 13.2 Å². The molecule has 0 fully saturated rings. The molecular weight excluding hydrogens is 217 g/mol. The number of halogens is 3. The fraction of sp³-hybridized carbons (Fsp3) is 0.455. The minimum atomic E-state index is -4.29. The summed E-state index contributed by atoms with van der Waals surface area (Å²) in [5.74, 6) is 0. The topological polar surface area (TPSA) is 52.0 Å². The van der Waals surface area contributed by atoms with Crippen LogP contribution in [0.25, 0.3) is 0 Å². The van der Waals surface area contributed by atoms with Crippen LogP contribution in [0.15, 0.2) is 24.3 Å². The summed E-state index contributed by atoms with van der Waals surface area (Å²) in [5.41, 5.74) is 11.2. The molecular formula is C11H15F3N2. The molecule has 4 N–H and O–H groups in total. The molecule has 0 unspecified atom stereocenters. The van der Waals surface area contributed by atoms with Gasteiger partial charge in [0.15, 0.2) is 0 Å². The molecule has 0 aliphatic heterocycles. The lowest BCUT2D eigenvalue weighted by Crippen LogP contribution is -2.13. The SMILES string of the molecule is NCCC[C@H](N)c1ccc(C(F)(F)F)cc1. The van der Waals surface area contributed by atoms with Crippen LogP contribution in [0.3, 0.4) is 0 Å². The van der Waals surface area contributed by atoms with Gasteiger partial charge in [0.1, 0.15) is 0 Å². The molecule has 0 saturated heterocycles. The van der Waals surface area contributed by atoms with E-state index in [0.717, 1.165) is 18.6 Å². The number of hydrogen-bond donors (Lipinski definition) is 2. The zero-order chi connectivity index (χ0) is 12.2. The fourth-order valence-corrected chi connectivity index (χ4v) is 1.42. The van der Waals surface area contributed by atoms with Gasteiger partial charge in [-0.1, -0.05) is 12.1 Å². The third kappa shape index (κ3) is 3.50. The summed E-state index contributed by atoms with van der Waals surface area (Å²) in [5, 5.41) is 0. The average Bonchev–Trinajstić information content (AvgIpc) is 2.25. The van der Waals surface area contributed by atoms with Crippen molar-refractivity contribution in [1.82, 2.24) is 0 Å². The van der Waals surface area contributed by atoms with Crippen LogP contribution < -0.4 is 11.5 Å². The maximum absolute atomic E-state index is 12.3. The van der Waals surface area contributed by atoms with Gasteiger partial charge in [0.2, 0.25) is 0 Å². The van der Waals surface area contributed by atoms with E-state index in [2.05, 4.69) is 0 Å². The van der Waals surface area contributed by atoms with Crippen LogP contribution in [0.1, 0.15) is 30.0 Å². The van der Waals surface area contributed by atoms with Crippen molar-refractivity contribution >= 4 is 0 Å². The van der Waals surface area contributed by atoms with Crippen molar-refractivity contribution in [3.8, 4) is 0 Å². The van der Waals surface area contributed by atoms with Crippen LogP contribution in [0, 0.1) is 0 Å². The highest BCUT2D eigenvalue weighted by Crippen LogP contribution is 2.30. The largest absolute Gasteiger partial charge is 0.416 e. The standard InChI is InChI=1S/C11H15F3N2/c12-11(13,14)9-5-3-8(4-6-9)10(16)2-1-7-15/h3-6,10H,1-2,7,15-16H2/t10-/m0/s1. The Kier molecular flexibility index (Phi) is 4.32. The molecule has 1 rings (SSSR count). The quantitative estimate of drug-likeness (QED) is 0.837. The average molecular weight is 232 g/mol. The molecule has 1 atom stereocenters. The first-order valence-electron chi connectivity index (χ1n) is 5.08. The summed E-state index contributed by atoms with van der Waals surface area (Å²) in [4.78, 5) is 0.